The second-order valence-corrected chi connectivity index (χ2v) is 6.25. The van der Waals surface area contributed by atoms with E-state index in [0.717, 1.165) is 12.8 Å². The van der Waals surface area contributed by atoms with E-state index in [1.165, 1.54) is 11.8 Å². The lowest BCUT2D eigenvalue weighted by molar-refractivity contribution is -0.181. The van der Waals surface area contributed by atoms with Crippen LogP contribution in [-0.4, -0.2) is 79.2 Å². The zero-order valence-corrected chi connectivity index (χ0v) is 16.9. The molecular weight excluding hydrogens is 450 g/mol. The van der Waals surface area contributed by atoms with Gasteiger partial charge in [0.05, 0.1) is 0 Å². The van der Waals surface area contributed by atoms with Crippen molar-refractivity contribution in [3.05, 3.63) is 0 Å². The van der Waals surface area contributed by atoms with Gasteiger partial charge in [-0.25, -0.2) is 4.99 Å². The molecule has 0 aromatic heterocycles. The summed E-state index contributed by atoms with van der Waals surface area (Å²) in [5.74, 6) is 0.472. The summed E-state index contributed by atoms with van der Waals surface area (Å²) in [7, 11) is 0. The molecule has 0 aromatic rings. The SMILES string of the molecule is CCNC(=NCC(=O)NC1CC1)N1CCN(C(C)C(F)(F)F)CC1.I. The van der Waals surface area contributed by atoms with Gasteiger partial charge in [0.2, 0.25) is 5.91 Å². The molecule has 25 heavy (non-hydrogen) atoms. The Hall–Kier alpha value is -0.780. The molecule has 6 nitrogen and oxygen atoms in total. The molecule has 1 saturated heterocycles. The Bertz CT molecular complexity index is 463. The number of amides is 1. The molecule has 1 unspecified atom stereocenters. The number of halogens is 4. The van der Waals surface area contributed by atoms with Crippen LogP contribution in [0, 0.1) is 0 Å². The van der Waals surface area contributed by atoms with Crippen LogP contribution < -0.4 is 10.6 Å². The van der Waals surface area contributed by atoms with E-state index >= 15 is 0 Å². The van der Waals surface area contributed by atoms with E-state index in [9.17, 15) is 18.0 Å². The van der Waals surface area contributed by atoms with Crippen LogP contribution in [0.3, 0.4) is 0 Å². The second kappa shape index (κ2) is 9.79. The van der Waals surface area contributed by atoms with Crippen molar-refractivity contribution < 1.29 is 18.0 Å². The van der Waals surface area contributed by atoms with Crippen LogP contribution in [0.1, 0.15) is 26.7 Å². The predicted molar refractivity (Wildman–Crippen MR) is 101 cm³/mol. The van der Waals surface area contributed by atoms with E-state index in [-0.39, 0.29) is 36.4 Å². The lowest BCUT2D eigenvalue weighted by atomic mass is 10.2. The van der Waals surface area contributed by atoms with E-state index in [1.54, 1.807) is 0 Å². The van der Waals surface area contributed by atoms with E-state index in [1.807, 2.05) is 11.8 Å². The maximum Gasteiger partial charge on any atom is 0.403 e. The van der Waals surface area contributed by atoms with E-state index < -0.39 is 12.2 Å². The molecule has 2 rings (SSSR count). The fourth-order valence-electron chi connectivity index (χ4n) is 2.60. The zero-order valence-electron chi connectivity index (χ0n) is 14.6. The largest absolute Gasteiger partial charge is 0.403 e. The van der Waals surface area contributed by atoms with Crippen LogP contribution in [-0.2, 0) is 4.79 Å². The molecule has 0 radical (unpaired) electrons. The Morgan fingerprint density at radius 2 is 1.84 bits per heavy atom. The number of nitrogens with zero attached hydrogens (tertiary/aromatic N) is 3. The zero-order chi connectivity index (χ0) is 17.7. The normalized spacial score (nSPS) is 20.7. The van der Waals surface area contributed by atoms with Gasteiger partial charge in [-0.05, 0) is 26.7 Å². The van der Waals surface area contributed by atoms with Gasteiger partial charge < -0.3 is 15.5 Å². The summed E-state index contributed by atoms with van der Waals surface area (Å²) >= 11 is 0. The molecular formula is C15H27F3IN5O. The fourth-order valence-corrected chi connectivity index (χ4v) is 2.60. The first-order valence-corrected chi connectivity index (χ1v) is 8.44. The summed E-state index contributed by atoms with van der Waals surface area (Å²) in [6, 6.07) is -1.15. The smallest absolute Gasteiger partial charge is 0.357 e. The van der Waals surface area contributed by atoms with E-state index in [4.69, 9.17) is 0 Å². The Morgan fingerprint density at radius 1 is 1.24 bits per heavy atom. The first-order valence-electron chi connectivity index (χ1n) is 8.44. The minimum absolute atomic E-state index is 0. The third-order valence-electron chi connectivity index (χ3n) is 4.29. The van der Waals surface area contributed by atoms with Crippen LogP contribution in [0.4, 0.5) is 13.2 Å². The first-order chi connectivity index (χ1) is 11.3. The highest BCUT2D eigenvalue weighted by molar-refractivity contribution is 14.0. The number of hydrogen-bond acceptors (Lipinski definition) is 3. The summed E-state index contributed by atoms with van der Waals surface area (Å²) in [6.07, 6.45) is -2.16. The molecule has 10 heteroatoms. The molecule has 1 heterocycles. The molecule has 0 spiro atoms. The molecule has 0 bridgehead atoms. The van der Waals surface area contributed by atoms with Gasteiger partial charge in [-0.1, -0.05) is 0 Å². The number of carbonyl (C=O) groups excluding carboxylic acids is 1. The molecule has 2 aliphatic rings. The van der Waals surface area contributed by atoms with Crippen molar-refractivity contribution in [1.29, 1.82) is 0 Å². The molecule has 1 saturated carbocycles. The van der Waals surface area contributed by atoms with Crippen molar-refractivity contribution in [3.63, 3.8) is 0 Å². The van der Waals surface area contributed by atoms with Crippen LogP contribution in [0.5, 0.6) is 0 Å². The number of piperazine rings is 1. The van der Waals surface area contributed by atoms with Gasteiger partial charge in [-0.2, -0.15) is 13.2 Å². The number of rotatable bonds is 5. The van der Waals surface area contributed by atoms with Crippen molar-refractivity contribution in [2.24, 2.45) is 4.99 Å². The van der Waals surface area contributed by atoms with Crippen LogP contribution >= 0.6 is 24.0 Å². The lowest BCUT2D eigenvalue weighted by Gasteiger charge is -2.39. The van der Waals surface area contributed by atoms with Gasteiger partial charge in [0, 0.05) is 38.8 Å². The summed E-state index contributed by atoms with van der Waals surface area (Å²) in [5, 5.41) is 5.97. The molecule has 1 atom stereocenters. The third kappa shape index (κ3) is 7.16. The highest BCUT2D eigenvalue weighted by Crippen LogP contribution is 2.25. The Labute approximate surface area is 163 Å². The summed E-state index contributed by atoms with van der Waals surface area (Å²) < 4.78 is 38.4. The Balaban J connectivity index is 0.00000312. The van der Waals surface area contributed by atoms with Crippen LogP contribution in [0.25, 0.3) is 0 Å². The maximum atomic E-state index is 12.8. The van der Waals surface area contributed by atoms with E-state index in [2.05, 4.69) is 15.6 Å². The van der Waals surface area contributed by atoms with E-state index in [0.29, 0.717) is 44.7 Å². The minimum Gasteiger partial charge on any atom is -0.357 e. The van der Waals surface area contributed by atoms with Crippen molar-refractivity contribution in [1.82, 2.24) is 20.4 Å². The van der Waals surface area contributed by atoms with Gasteiger partial charge in [0.1, 0.15) is 12.6 Å². The maximum absolute atomic E-state index is 12.8. The molecule has 2 fully saturated rings. The minimum atomic E-state index is -4.21. The van der Waals surface area contributed by atoms with Gasteiger partial charge in [0.25, 0.3) is 0 Å². The van der Waals surface area contributed by atoms with Gasteiger partial charge in [0.15, 0.2) is 5.96 Å². The summed E-state index contributed by atoms with van der Waals surface area (Å²) in [6.45, 7) is 5.34. The summed E-state index contributed by atoms with van der Waals surface area (Å²) in [4.78, 5) is 19.4. The molecule has 0 aromatic carbocycles. The monoisotopic (exact) mass is 477 g/mol. The number of carbonyl (C=O) groups is 1. The number of alkyl halides is 3. The molecule has 1 amide bonds. The molecule has 146 valence electrons. The number of hydrogen-bond donors (Lipinski definition) is 2. The fraction of sp³-hybridized carbons (Fsp3) is 0.867. The average molecular weight is 477 g/mol. The predicted octanol–water partition coefficient (Wildman–Crippen LogP) is 1.42. The van der Waals surface area contributed by atoms with Crippen molar-refractivity contribution >= 4 is 35.8 Å². The standard InChI is InChI=1S/C15H26F3N5O.HI/c1-3-19-14(20-10-13(24)21-12-4-5-12)23-8-6-22(7-9-23)11(2)15(16,17)18;/h11-12H,3-10H2,1-2H3,(H,19,20)(H,21,24);1H. The average Bonchev–Trinajstić information content (AvgIpc) is 3.34. The highest BCUT2D eigenvalue weighted by Gasteiger charge is 2.41. The Morgan fingerprint density at radius 3 is 2.32 bits per heavy atom. The number of aliphatic imine (C=N–C) groups is 1. The van der Waals surface area contributed by atoms with Gasteiger partial charge in [-0.3, -0.25) is 9.69 Å². The summed E-state index contributed by atoms with van der Waals surface area (Å²) in [5.41, 5.74) is 0. The third-order valence-corrected chi connectivity index (χ3v) is 4.29. The van der Waals surface area contributed by atoms with Crippen molar-refractivity contribution in [2.45, 2.75) is 44.9 Å². The first kappa shape index (κ1) is 22.3. The van der Waals surface area contributed by atoms with Crippen LogP contribution in [0.2, 0.25) is 0 Å². The quantitative estimate of drug-likeness (QED) is 0.358. The topological polar surface area (TPSA) is 60.0 Å². The van der Waals surface area contributed by atoms with Gasteiger partial charge >= 0.3 is 6.18 Å². The molecule has 2 N–H and O–H groups in total. The molecule has 1 aliphatic heterocycles. The Kier molecular flexibility index (Phi) is 8.72. The number of nitrogens with one attached hydrogen (secondary N) is 2. The number of guanidine groups is 1. The van der Waals surface area contributed by atoms with Crippen LogP contribution in [0.15, 0.2) is 4.99 Å². The van der Waals surface area contributed by atoms with Crippen molar-refractivity contribution in [3.8, 4) is 0 Å². The highest BCUT2D eigenvalue weighted by atomic mass is 127. The van der Waals surface area contributed by atoms with Crippen molar-refractivity contribution in [2.75, 3.05) is 39.3 Å². The van der Waals surface area contributed by atoms with Gasteiger partial charge in [-0.15, -0.1) is 24.0 Å². The lowest BCUT2D eigenvalue weighted by Crippen LogP contribution is -2.56. The molecule has 1 aliphatic carbocycles. The second-order valence-electron chi connectivity index (χ2n) is 6.25.